The number of rotatable bonds is 11. The number of aromatic nitrogens is 2. The van der Waals surface area contributed by atoms with Crippen molar-refractivity contribution in [3.8, 4) is 6.07 Å². The monoisotopic (exact) mass is 576 g/mol. The minimum atomic E-state index is -4.63. The summed E-state index contributed by atoms with van der Waals surface area (Å²) in [5, 5.41) is 20.9. The van der Waals surface area contributed by atoms with Crippen molar-refractivity contribution in [1.29, 1.82) is 5.26 Å². The van der Waals surface area contributed by atoms with Crippen molar-refractivity contribution in [2.75, 3.05) is 11.9 Å². The van der Waals surface area contributed by atoms with Gasteiger partial charge in [-0.15, -0.1) is 0 Å². The summed E-state index contributed by atoms with van der Waals surface area (Å²) in [5.41, 5.74) is -0.361. The lowest BCUT2D eigenvalue weighted by Crippen LogP contribution is -2.50. The van der Waals surface area contributed by atoms with Crippen molar-refractivity contribution >= 4 is 23.4 Å². The molecule has 3 N–H and O–H groups in total. The molecular formula is C28H32F4N6O3. The summed E-state index contributed by atoms with van der Waals surface area (Å²) in [6.45, 7) is 3.42. The fourth-order valence-corrected chi connectivity index (χ4v) is 5.18. The molecule has 0 spiro atoms. The molecule has 0 unspecified atom stereocenters. The third-order valence-corrected chi connectivity index (χ3v) is 7.52. The van der Waals surface area contributed by atoms with Gasteiger partial charge in [-0.25, -0.2) is 4.39 Å². The summed E-state index contributed by atoms with van der Waals surface area (Å²) >= 11 is 0. The van der Waals surface area contributed by atoms with Gasteiger partial charge in [0.05, 0.1) is 23.2 Å². The number of hydrogen-bond acceptors (Lipinski definition) is 5. The van der Waals surface area contributed by atoms with E-state index in [0.29, 0.717) is 0 Å². The number of anilines is 1. The molecule has 2 saturated carbocycles. The Morgan fingerprint density at radius 3 is 2.27 bits per heavy atom. The number of amides is 3. The third kappa shape index (κ3) is 7.23. The van der Waals surface area contributed by atoms with Crippen LogP contribution >= 0.6 is 0 Å². The van der Waals surface area contributed by atoms with Crippen LogP contribution in [0.1, 0.15) is 80.0 Å². The van der Waals surface area contributed by atoms with E-state index in [1.54, 1.807) is 11.4 Å². The molecule has 2 aliphatic carbocycles. The smallest absolute Gasteiger partial charge is 0.346 e. The molecule has 1 aromatic carbocycles. The highest BCUT2D eigenvalue weighted by Gasteiger charge is 2.48. The van der Waals surface area contributed by atoms with Crippen LogP contribution in [-0.4, -0.2) is 46.3 Å². The number of carbonyl (C=O) groups excluding carboxylic acids is 3. The summed E-state index contributed by atoms with van der Waals surface area (Å²) in [6.07, 6.45) is 0.530. The van der Waals surface area contributed by atoms with E-state index in [9.17, 15) is 32.8 Å². The minimum absolute atomic E-state index is 0.101. The molecule has 1 aromatic heterocycles. The normalized spacial score (nSPS) is 16.7. The Labute approximate surface area is 234 Å². The number of carbonyl (C=O) groups is 3. The van der Waals surface area contributed by atoms with E-state index in [0.717, 1.165) is 37.8 Å². The van der Waals surface area contributed by atoms with Crippen LogP contribution in [0.2, 0.25) is 0 Å². The van der Waals surface area contributed by atoms with Gasteiger partial charge < -0.3 is 16.0 Å². The fourth-order valence-electron chi connectivity index (χ4n) is 5.18. The zero-order valence-corrected chi connectivity index (χ0v) is 22.9. The van der Waals surface area contributed by atoms with E-state index < -0.39 is 48.2 Å². The zero-order valence-electron chi connectivity index (χ0n) is 22.9. The second-order valence-corrected chi connectivity index (χ2v) is 11.0. The molecule has 4 rings (SSSR count). The van der Waals surface area contributed by atoms with Crippen molar-refractivity contribution in [3.05, 3.63) is 47.0 Å². The number of halogens is 4. The predicted molar refractivity (Wildman–Crippen MR) is 140 cm³/mol. The first-order chi connectivity index (χ1) is 19.3. The average Bonchev–Trinajstić information content (AvgIpc) is 3.86. The number of nitrogens with one attached hydrogen (secondary N) is 3. The SMILES string of the molecule is CC(C)n1nccc1C(=O)N[C@H](C(=O)Nc1cc(C#N)c([C@@H](C)C(=O)NCC(F)(F)F)cc1F)C(C1CC1)C1CC1. The van der Waals surface area contributed by atoms with Gasteiger partial charge in [-0.05, 0) is 88.0 Å². The van der Waals surface area contributed by atoms with Gasteiger partial charge in [-0.3, -0.25) is 19.1 Å². The Morgan fingerprint density at radius 1 is 1.10 bits per heavy atom. The Bertz CT molecular complexity index is 1350. The van der Waals surface area contributed by atoms with Crippen molar-refractivity contribution in [1.82, 2.24) is 20.4 Å². The van der Waals surface area contributed by atoms with Crippen LogP contribution in [-0.2, 0) is 9.59 Å². The molecule has 0 bridgehead atoms. The number of alkyl halides is 3. The number of nitriles is 1. The second-order valence-electron chi connectivity index (χ2n) is 11.0. The van der Waals surface area contributed by atoms with Crippen molar-refractivity contribution in [2.45, 2.75) is 70.6 Å². The maximum absolute atomic E-state index is 15.2. The summed E-state index contributed by atoms with van der Waals surface area (Å²) in [7, 11) is 0. The quantitative estimate of drug-likeness (QED) is 0.341. The molecule has 2 atom stereocenters. The lowest BCUT2D eigenvalue weighted by atomic mass is 9.88. The van der Waals surface area contributed by atoms with Crippen LogP contribution in [0.5, 0.6) is 0 Å². The van der Waals surface area contributed by atoms with E-state index in [4.69, 9.17) is 0 Å². The van der Waals surface area contributed by atoms with Crippen LogP contribution < -0.4 is 16.0 Å². The minimum Gasteiger partial charge on any atom is -0.346 e. The van der Waals surface area contributed by atoms with Crippen LogP contribution in [0.15, 0.2) is 24.4 Å². The first kappa shape index (κ1) is 30.0. The van der Waals surface area contributed by atoms with E-state index in [-0.39, 0.29) is 46.3 Å². The van der Waals surface area contributed by atoms with Gasteiger partial charge in [-0.2, -0.15) is 23.5 Å². The molecule has 3 amide bonds. The predicted octanol–water partition coefficient (Wildman–Crippen LogP) is 4.43. The molecule has 41 heavy (non-hydrogen) atoms. The number of nitrogens with zero attached hydrogens (tertiary/aromatic N) is 3. The van der Waals surface area contributed by atoms with Crippen LogP contribution in [0.3, 0.4) is 0 Å². The van der Waals surface area contributed by atoms with Crippen LogP contribution in [0, 0.1) is 34.9 Å². The maximum Gasteiger partial charge on any atom is 0.405 e. The molecule has 9 nitrogen and oxygen atoms in total. The lowest BCUT2D eigenvalue weighted by Gasteiger charge is -2.28. The molecule has 0 radical (unpaired) electrons. The average molecular weight is 577 g/mol. The Kier molecular flexibility index (Phi) is 8.70. The highest BCUT2D eigenvalue weighted by Crippen LogP contribution is 2.51. The molecule has 2 aromatic rings. The summed E-state index contributed by atoms with van der Waals surface area (Å²) in [4.78, 5) is 39.2. The molecule has 2 fully saturated rings. The summed E-state index contributed by atoms with van der Waals surface area (Å²) in [5.74, 6) is -4.07. The molecule has 0 saturated heterocycles. The standard InChI is InChI=1S/C28H32F4N6O3/c1-14(2)38-22(8-9-35-38)26(40)37-24(23(16-4-5-16)17-6-7-17)27(41)36-21-10-18(12-33)19(11-20(21)29)15(3)25(39)34-13-28(30,31)32/h8-11,14-17,23-24H,4-7,13H2,1-3H3,(H,34,39)(H,36,41)(H,37,40)/t15-,24+/m1/s1. The Hall–Kier alpha value is -3.95. The molecule has 0 aliphatic heterocycles. The topological polar surface area (TPSA) is 129 Å². The van der Waals surface area contributed by atoms with Crippen molar-refractivity contribution in [3.63, 3.8) is 0 Å². The highest BCUT2D eigenvalue weighted by molar-refractivity contribution is 6.01. The largest absolute Gasteiger partial charge is 0.405 e. The Balaban J connectivity index is 1.57. The molecular weight excluding hydrogens is 544 g/mol. The maximum atomic E-state index is 15.2. The Morgan fingerprint density at radius 2 is 1.73 bits per heavy atom. The van der Waals surface area contributed by atoms with Crippen LogP contribution in [0.4, 0.5) is 23.2 Å². The molecule has 2 aliphatic rings. The van der Waals surface area contributed by atoms with Gasteiger partial charge >= 0.3 is 6.18 Å². The first-order valence-electron chi connectivity index (χ1n) is 13.5. The van der Waals surface area contributed by atoms with Crippen molar-refractivity contribution < 1.29 is 31.9 Å². The van der Waals surface area contributed by atoms with Crippen LogP contribution in [0.25, 0.3) is 0 Å². The van der Waals surface area contributed by atoms with Gasteiger partial charge in [0.2, 0.25) is 11.8 Å². The van der Waals surface area contributed by atoms with E-state index in [1.165, 1.54) is 17.8 Å². The molecule has 13 heteroatoms. The van der Waals surface area contributed by atoms with E-state index in [1.807, 2.05) is 19.9 Å². The van der Waals surface area contributed by atoms with Crippen molar-refractivity contribution in [2.24, 2.45) is 17.8 Å². The molecule has 220 valence electrons. The number of benzene rings is 1. The molecule has 1 heterocycles. The van der Waals surface area contributed by atoms with Gasteiger partial charge in [0, 0.05) is 12.2 Å². The van der Waals surface area contributed by atoms with E-state index >= 15 is 4.39 Å². The zero-order chi connectivity index (χ0) is 30.1. The first-order valence-corrected chi connectivity index (χ1v) is 13.5. The lowest BCUT2D eigenvalue weighted by molar-refractivity contribution is -0.139. The van der Waals surface area contributed by atoms with Gasteiger partial charge in [0.15, 0.2) is 0 Å². The second kappa shape index (κ2) is 11.9. The van der Waals surface area contributed by atoms with Gasteiger partial charge in [0.25, 0.3) is 5.91 Å². The highest BCUT2D eigenvalue weighted by atomic mass is 19.4. The number of hydrogen-bond donors (Lipinski definition) is 3. The summed E-state index contributed by atoms with van der Waals surface area (Å²) in [6, 6.07) is 4.20. The summed E-state index contributed by atoms with van der Waals surface area (Å²) < 4.78 is 54.3. The fraction of sp³-hybridized carbons (Fsp3) is 0.536. The van der Waals surface area contributed by atoms with E-state index in [2.05, 4.69) is 15.7 Å². The van der Waals surface area contributed by atoms with Gasteiger partial charge in [-0.1, -0.05) is 0 Å². The van der Waals surface area contributed by atoms with Gasteiger partial charge in [0.1, 0.15) is 24.1 Å². The third-order valence-electron chi connectivity index (χ3n) is 7.52.